The van der Waals surface area contributed by atoms with E-state index in [1.807, 2.05) is 0 Å². The van der Waals surface area contributed by atoms with Crippen LogP contribution in [0.15, 0.2) is 24.3 Å². The highest BCUT2D eigenvalue weighted by molar-refractivity contribution is 5.95. The maximum atomic E-state index is 13.6. The number of carboxylic acid groups (broad SMARTS) is 1. The highest BCUT2D eigenvalue weighted by atomic mass is 16.4. The van der Waals surface area contributed by atoms with E-state index in [1.165, 1.54) is 24.0 Å². The van der Waals surface area contributed by atoms with E-state index < -0.39 is 60.2 Å². The van der Waals surface area contributed by atoms with Crippen LogP contribution in [0.4, 0.5) is 0 Å². The minimum atomic E-state index is -1.25. The SMILES string of the molecule is CC(=O)N[C@@H](Cc1ccc(O)cc1)C(=O)N[C@H](C(=O)N1CCCCC1C(=O)NC(C=O)CC(=O)O)C(C)C. The quantitative estimate of drug-likeness (QED) is 0.235. The molecule has 0 radical (unpaired) electrons. The molecule has 1 aromatic rings. The van der Waals surface area contributed by atoms with Crippen LogP contribution in [0.3, 0.4) is 0 Å². The Morgan fingerprint density at radius 2 is 1.71 bits per heavy atom. The van der Waals surface area contributed by atoms with Crippen LogP contribution in [0.1, 0.15) is 52.0 Å². The van der Waals surface area contributed by atoms with Gasteiger partial charge < -0.3 is 35.9 Å². The zero-order valence-corrected chi connectivity index (χ0v) is 21.8. The molecule has 4 amide bonds. The summed E-state index contributed by atoms with van der Waals surface area (Å²) in [5.41, 5.74) is 0.683. The lowest BCUT2D eigenvalue weighted by Crippen LogP contribution is -2.61. The molecular weight excluding hydrogens is 496 g/mol. The van der Waals surface area contributed by atoms with E-state index in [9.17, 15) is 33.9 Å². The molecule has 38 heavy (non-hydrogen) atoms. The highest BCUT2D eigenvalue weighted by Crippen LogP contribution is 2.21. The summed E-state index contributed by atoms with van der Waals surface area (Å²) in [5.74, 6) is -3.69. The fourth-order valence-electron chi connectivity index (χ4n) is 4.34. The number of piperidine rings is 1. The van der Waals surface area contributed by atoms with E-state index in [-0.39, 0.29) is 24.6 Å². The third-order valence-corrected chi connectivity index (χ3v) is 6.28. The summed E-state index contributed by atoms with van der Waals surface area (Å²) in [5, 5.41) is 26.2. The molecule has 0 saturated carbocycles. The molecule has 1 aliphatic rings. The van der Waals surface area contributed by atoms with Gasteiger partial charge in [-0.2, -0.15) is 0 Å². The Labute approximate surface area is 221 Å². The van der Waals surface area contributed by atoms with Gasteiger partial charge in [0, 0.05) is 19.9 Å². The van der Waals surface area contributed by atoms with Crippen LogP contribution in [-0.2, 0) is 35.2 Å². The lowest BCUT2D eigenvalue weighted by atomic mass is 9.96. The van der Waals surface area contributed by atoms with Crippen LogP contribution in [0.25, 0.3) is 0 Å². The second-order valence-electron chi connectivity index (χ2n) is 9.75. The second-order valence-corrected chi connectivity index (χ2v) is 9.75. The predicted octanol–water partition coefficient (Wildman–Crippen LogP) is 0.120. The van der Waals surface area contributed by atoms with Crippen molar-refractivity contribution in [3.05, 3.63) is 29.8 Å². The number of amides is 4. The minimum Gasteiger partial charge on any atom is -0.508 e. The molecule has 4 atom stereocenters. The monoisotopic (exact) mass is 532 g/mol. The van der Waals surface area contributed by atoms with Crippen molar-refractivity contribution in [2.45, 2.75) is 77.0 Å². The van der Waals surface area contributed by atoms with Crippen molar-refractivity contribution in [2.75, 3.05) is 6.54 Å². The molecule has 0 spiro atoms. The van der Waals surface area contributed by atoms with Crippen LogP contribution in [0.5, 0.6) is 5.75 Å². The Bertz CT molecular complexity index is 1030. The molecule has 1 aliphatic heterocycles. The van der Waals surface area contributed by atoms with Gasteiger partial charge in [0.2, 0.25) is 23.6 Å². The normalized spacial score (nSPS) is 17.6. The van der Waals surface area contributed by atoms with Crippen molar-refractivity contribution in [2.24, 2.45) is 5.92 Å². The number of carboxylic acids is 1. The first kappa shape index (κ1) is 30.3. The fraction of sp³-hybridized carbons (Fsp3) is 0.538. The number of phenolic OH excluding ortho intramolecular Hbond substituents is 1. The zero-order chi connectivity index (χ0) is 28.4. The van der Waals surface area contributed by atoms with Crippen molar-refractivity contribution in [3.8, 4) is 5.75 Å². The molecule has 0 aromatic heterocycles. The van der Waals surface area contributed by atoms with Crippen molar-refractivity contribution < 1.29 is 39.0 Å². The first-order valence-electron chi connectivity index (χ1n) is 12.6. The average Bonchev–Trinajstić information content (AvgIpc) is 2.86. The third kappa shape index (κ3) is 8.86. The summed E-state index contributed by atoms with van der Waals surface area (Å²) in [6, 6.07) is 2.03. The molecule has 1 heterocycles. The molecular formula is C26H36N4O8. The largest absolute Gasteiger partial charge is 0.508 e. The number of aromatic hydroxyl groups is 1. The zero-order valence-electron chi connectivity index (χ0n) is 21.8. The smallest absolute Gasteiger partial charge is 0.305 e. The number of aldehydes is 1. The Kier molecular flexibility index (Phi) is 11.2. The van der Waals surface area contributed by atoms with Crippen LogP contribution in [0, 0.1) is 5.92 Å². The van der Waals surface area contributed by atoms with Crippen molar-refractivity contribution in [3.63, 3.8) is 0 Å². The van der Waals surface area contributed by atoms with Gasteiger partial charge in [-0.1, -0.05) is 26.0 Å². The standard InChI is InChI=1S/C26H36N4O8/c1-15(2)23(29-24(36)20(27-16(3)32)12-17-7-9-19(33)10-8-17)26(38)30-11-5-4-6-21(30)25(37)28-18(14-31)13-22(34)35/h7-10,14-15,18,20-21,23,33H,4-6,11-13H2,1-3H3,(H,27,32)(H,28,37)(H,29,36)(H,34,35)/t18?,20-,21?,23-/m0/s1. The van der Waals surface area contributed by atoms with Crippen molar-refractivity contribution >= 4 is 35.9 Å². The number of carbonyl (C=O) groups excluding carboxylic acids is 5. The molecule has 2 unspecified atom stereocenters. The number of phenols is 1. The van der Waals surface area contributed by atoms with Crippen LogP contribution < -0.4 is 16.0 Å². The summed E-state index contributed by atoms with van der Waals surface area (Å²) < 4.78 is 0. The lowest BCUT2D eigenvalue weighted by molar-refractivity contribution is -0.147. The molecule has 12 nitrogen and oxygen atoms in total. The molecule has 2 rings (SSSR count). The first-order valence-corrected chi connectivity index (χ1v) is 12.6. The molecule has 0 aliphatic carbocycles. The van der Waals surface area contributed by atoms with E-state index >= 15 is 0 Å². The number of rotatable bonds is 12. The lowest BCUT2D eigenvalue weighted by Gasteiger charge is -2.38. The predicted molar refractivity (Wildman–Crippen MR) is 136 cm³/mol. The van der Waals surface area contributed by atoms with Gasteiger partial charge >= 0.3 is 5.97 Å². The van der Waals surface area contributed by atoms with Gasteiger partial charge in [0.15, 0.2) is 0 Å². The Hall–Kier alpha value is -3.96. The fourth-order valence-corrected chi connectivity index (χ4v) is 4.34. The molecule has 1 aromatic carbocycles. The summed E-state index contributed by atoms with van der Waals surface area (Å²) in [4.78, 5) is 75.1. The summed E-state index contributed by atoms with van der Waals surface area (Å²) in [6.45, 7) is 5.01. The van der Waals surface area contributed by atoms with Crippen LogP contribution in [0.2, 0.25) is 0 Å². The number of nitrogens with zero attached hydrogens (tertiary/aromatic N) is 1. The van der Waals surface area contributed by atoms with Gasteiger partial charge in [0.1, 0.15) is 30.2 Å². The number of hydrogen-bond acceptors (Lipinski definition) is 7. The van der Waals surface area contributed by atoms with E-state index in [2.05, 4.69) is 16.0 Å². The van der Waals surface area contributed by atoms with Crippen LogP contribution in [-0.4, -0.2) is 81.7 Å². The van der Waals surface area contributed by atoms with Crippen molar-refractivity contribution in [1.82, 2.24) is 20.9 Å². The first-order chi connectivity index (χ1) is 17.9. The maximum absolute atomic E-state index is 13.6. The molecule has 1 fully saturated rings. The second kappa shape index (κ2) is 14.1. The number of aliphatic carboxylic acids is 1. The van der Waals surface area contributed by atoms with Gasteiger partial charge in [-0.15, -0.1) is 0 Å². The van der Waals surface area contributed by atoms with E-state index in [0.717, 1.165) is 0 Å². The van der Waals surface area contributed by atoms with E-state index in [0.29, 0.717) is 31.1 Å². The van der Waals surface area contributed by atoms with Gasteiger partial charge in [-0.25, -0.2) is 0 Å². The topological polar surface area (TPSA) is 182 Å². The summed E-state index contributed by atoms with van der Waals surface area (Å²) in [6.07, 6.45) is 1.50. The number of likely N-dealkylation sites (tertiary alicyclic amines) is 1. The number of hydrogen-bond donors (Lipinski definition) is 5. The third-order valence-electron chi connectivity index (χ3n) is 6.28. The van der Waals surface area contributed by atoms with E-state index in [4.69, 9.17) is 5.11 Å². The summed E-state index contributed by atoms with van der Waals surface area (Å²) >= 11 is 0. The molecule has 0 bridgehead atoms. The van der Waals surface area contributed by atoms with Gasteiger partial charge in [0.05, 0.1) is 12.5 Å². The minimum absolute atomic E-state index is 0.0577. The Morgan fingerprint density at radius 1 is 1.05 bits per heavy atom. The average molecular weight is 533 g/mol. The van der Waals surface area contributed by atoms with Crippen molar-refractivity contribution in [1.29, 1.82) is 0 Å². The molecule has 5 N–H and O–H groups in total. The highest BCUT2D eigenvalue weighted by Gasteiger charge is 2.38. The number of benzene rings is 1. The Balaban J connectivity index is 2.20. The molecule has 1 saturated heterocycles. The van der Waals surface area contributed by atoms with Crippen LogP contribution >= 0.6 is 0 Å². The summed E-state index contributed by atoms with van der Waals surface area (Å²) in [7, 11) is 0. The maximum Gasteiger partial charge on any atom is 0.305 e. The van der Waals surface area contributed by atoms with E-state index in [1.54, 1.807) is 26.0 Å². The van der Waals surface area contributed by atoms with Gasteiger partial charge in [-0.05, 0) is 42.9 Å². The van der Waals surface area contributed by atoms with Gasteiger partial charge in [0.25, 0.3) is 0 Å². The molecule has 208 valence electrons. The number of carbonyl (C=O) groups is 6. The Morgan fingerprint density at radius 3 is 2.26 bits per heavy atom. The number of nitrogens with one attached hydrogen (secondary N) is 3. The molecule has 12 heteroatoms. The van der Waals surface area contributed by atoms with Gasteiger partial charge in [-0.3, -0.25) is 24.0 Å².